The van der Waals surface area contributed by atoms with Crippen molar-refractivity contribution in [2.45, 2.75) is 124 Å². The van der Waals surface area contributed by atoms with Crippen LogP contribution in [-0.2, 0) is 0 Å². The Morgan fingerprint density at radius 3 is 2.34 bits per heavy atom. The summed E-state index contributed by atoms with van der Waals surface area (Å²) in [5, 5.41) is 33.0. The van der Waals surface area contributed by atoms with Crippen LogP contribution >= 0.6 is 0 Å². The van der Waals surface area contributed by atoms with Gasteiger partial charge in [-0.3, -0.25) is 0 Å². The number of hydrogen-bond donors (Lipinski definition) is 3. The Morgan fingerprint density at radius 2 is 1.69 bits per heavy atom. The van der Waals surface area contributed by atoms with E-state index in [1.807, 2.05) is 6.08 Å². The van der Waals surface area contributed by atoms with Crippen molar-refractivity contribution in [1.82, 2.24) is 0 Å². The van der Waals surface area contributed by atoms with E-state index in [0.717, 1.165) is 42.9 Å². The highest BCUT2D eigenvalue weighted by atomic mass is 16.3. The molecular weight excluding hydrogens is 396 g/mol. The summed E-state index contributed by atoms with van der Waals surface area (Å²) < 4.78 is 0. The molecule has 0 aromatic carbocycles. The molecule has 3 N–H and O–H groups in total. The van der Waals surface area contributed by atoms with Crippen LogP contribution in [0.1, 0.15) is 106 Å². The SMILES string of the molecule is CC[C@H](CC[C@@H](C)[C@H]1CC[C@H]2C3=C[C@H](O)[C@@]4(O)C[C@@H](O)CC[C@]4(C)[C@H]3CC[C@]12C)C(C)C. The molecule has 0 bridgehead atoms. The summed E-state index contributed by atoms with van der Waals surface area (Å²) in [5.74, 6) is 4.02. The Labute approximate surface area is 197 Å². The zero-order chi connectivity index (χ0) is 23.5. The topological polar surface area (TPSA) is 60.7 Å². The average Bonchev–Trinajstić information content (AvgIpc) is 3.08. The van der Waals surface area contributed by atoms with Crippen LogP contribution in [0.2, 0.25) is 0 Å². The molecule has 4 aliphatic rings. The van der Waals surface area contributed by atoms with E-state index in [2.05, 4.69) is 41.5 Å². The van der Waals surface area contributed by atoms with Gasteiger partial charge in [0.05, 0.1) is 6.10 Å². The minimum Gasteiger partial charge on any atom is -0.393 e. The molecule has 0 aromatic heterocycles. The predicted molar refractivity (Wildman–Crippen MR) is 131 cm³/mol. The van der Waals surface area contributed by atoms with Crippen LogP contribution in [0, 0.1) is 46.3 Å². The van der Waals surface area contributed by atoms with Gasteiger partial charge in [-0.2, -0.15) is 0 Å². The molecule has 0 unspecified atom stereocenters. The molecule has 4 aliphatic carbocycles. The third-order valence-electron chi connectivity index (χ3n) is 11.5. The number of hydrogen-bond acceptors (Lipinski definition) is 3. The van der Waals surface area contributed by atoms with Crippen LogP contribution in [0.4, 0.5) is 0 Å². The highest BCUT2D eigenvalue weighted by molar-refractivity contribution is 5.33. The Morgan fingerprint density at radius 1 is 0.969 bits per heavy atom. The van der Waals surface area contributed by atoms with Crippen molar-refractivity contribution in [1.29, 1.82) is 0 Å². The second-order valence-corrected chi connectivity index (χ2v) is 13.2. The van der Waals surface area contributed by atoms with E-state index in [4.69, 9.17) is 0 Å². The smallest absolute Gasteiger partial charge is 0.102 e. The van der Waals surface area contributed by atoms with Gasteiger partial charge in [0.25, 0.3) is 0 Å². The predicted octanol–water partition coefficient (Wildman–Crippen LogP) is 6.11. The first-order valence-corrected chi connectivity index (χ1v) is 13.8. The Balaban J connectivity index is 1.56. The van der Waals surface area contributed by atoms with Crippen LogP contribution in [-0.4, -0.2) is 33.1 Å². The lowest BCUT2D eigenvalue weighted by molar-refractivity contribution is -0.210. The molecule has 0 spiro atoms. The first-order valence-electron chi connectivity index (χ1n) is 13.8. The van der Waals surface area contributed by atoms with Gasteiger partial charge in [0, 0.05) is 11.8 Å². The molecule has 0 aromatic rings. The maximum absolute atomic E-state index is 11.6. The molecule has 184 valence electrons. The van der Waals surface area contributed by atoms with Crippen molar-refractivity contribution >= 4 is 0 Å². The largest absolute Gasteiger partial charge is 0.393 e. The second-order valence-electron chi connectivity index (χ2n) is 13.2. The number of aliphatic hydroxyl groups excluding tert-OH is 2. The van der Waals surface area contributed by atoms with Gasteiger partial charge >= 0.3 is 0 Å². The summed E-state index contributed by atoms with van der Waals surface area (Å²) in [6.07, 6.45) is 11.4. The van der Waals surface area contributed by atoms with E-state index in [9.17, 15) is 15.3 Å². The van der Waals surface area contributed by atoms with Crippen LogP contribution in [0.25, 0.3) is 0 Å². The molecule has 3 nitrogen and oxygen atoms in total. The molecular formula is C29H50O3. The number of fused-ring (bicyclic) bond motifs is 5. The fraction of sp³-hybridized carbons (Fsp3) is 0.931. The number of aliphatic hydroxyl groups is 3. The Kier molecular flexibility index (Phi) is 6.71. The maximum atomic E-state index is 11.6. The second kappa shape index (κ2) is 8.68. The third-order valence-corrected chi connectivity index (χ3v) is 11.5. The molecule has 3 fully saturated rings. The van der Waals surface area contributed by atoms with Gasteiger partial charge in [-0.25, -0.2) is 0 Å². The monoisotopic (exact) mass is 446 g/mol. The lowest BCUT2D eigenvalue weighted by Gasteiger charge is -2.62. The molecule has 0 aliphatic heterocycles. The minimum atomic E-state index is -1.19. The summed E-state index contributed by atoms with van der Waals surface area (Å²) >= 11 is 0. The van der Waals surface area contributed by atoms with E-state index in [0.29, 0.717) is 23.7 Å². The standard InChI is InChI=1S/C29H50O3/c1-7-20(18(2)3)9-8-19(4)23-10-11-24-22-16-26(31)29(32)17-21(30)12-15-28(29,6)25(22)13-14-27(23,24)5/h16,18-21,23-26,30-32H,7-15,17H2,1-6H3/t19-,20-,21+,23-,24+,25+,26+,27-,28-,29+/m1/s1. The lowest BCUT2D eigenvalue weighted by Crippen LogP contribution is -2.65. The molecule has 10 atom stereocenters. The van der Waals surface area contributed by atoms with Crippen molar-refractivity contribution in [2.75, 3.05) is 0 Å². The molecule has 3 saturated carbocycles. The molecule has 32 heavy (non-hydrogen) atoms. The van der Waals surface area contributed by atoms with Crippen LogP contribution in [0.3, 0.4) is 0 Å². The van der Waals surface area contributed by atoms with E-state index >= 15 is 0 Å². The van der Waals surface area contributed by atoms with E-state index < -0.39 is 17.8 Å². The molecule has 0 heterocycles. The van der Waals surface area contributed by atoms with Crippen molar-refractivity contribution in [3.63, 3.8) is 0 Å². The molecule has 0 radical (unpaired) electrons. The highest BCUT2D eigenvalue weighted by Gasteiger charge is 2.64. The van der Waals surface area contributed by atoms with Gasteiger partial charge in [0.2, 0.25) is 0 Å². The van der Waals surface area contributed by atoms with Gasteiger partial charge < -0.3 is 15.3 Å². The lowest BCUT2D eigenvalue weighted by atomic mass is 9.45. The number of allylic oxidation sites excluding steroid dienone is 1. The van der Waals surface area contributed by atoms with Crippen molar-refractivity contribution < 1.29 is 15.3 Å². The quantitative estimate of drug-likeness (QED) is 0.431. The highest BCUT2D eigenvalue weighted by Crippen LogP contribution is 2.67. The van der Waals surface area contributed by atoms with Gasteiger partial charge in [-0.15, -0.1) is 0 Å². The summed E-state index contributed by atoms with van der Waals surface area (Å²) in [4.78, 5) is 0. The number of rotatable bonds is 6. The van der Waals surface area contributed by atoms with Gasteiger partial charge in [-0.05, 0) is 85.9 Å². The third kappa shape index (κ3) is 3.64. The minimum absolute atomic E-state index is 0.307. The van der Waals surface area contributed by atoms with Crippen molar-refractivity contribution in [3.05, 3.63) is 11.6 Å². The fourth-order valence-corrected chi connectivity index (χ4v) is 9.21. The summed E-state index contributed by atoms with van der Waals surface area (Å²) in [7, 11) is 0. The summed E-state index contributed by atoms with van der Waals surface area (Å²) in [6, 6.07) is 0. The van der Waals surface area contributed by atoms with E-state index in [1.165, 1.54) is 44.1 Å². The first-order chi connectivity index (χ1) is 15.0. The van der Waals surface area contributed by atoms with E-state index in [1.54, 1.807) is 0 Å². The normalized spacial score (nSPS) is 47.9. The van der Waals surface area contributed by atoms with Crippen LogP contribution < -0.4 is 0 Å². The summed E-state index contributed by atoms with van der Waals surface area (Å²) in [5.41, 5.74) is 0.259. The maximum Gasteiger partial charge on any atom is 0.102 e. The molecule has 4 rings (SSSR count). The molecule has 0 amide bonds. The zero-order valence-corrected chi connectivity index (χ0v) is 21.6. The van der Waals surface area contributed by atoms with Gasteiger partial charge in [0.1, 0.15) is 11.7 Å². The first kappa shape index (κ1) is 24.7. The van der Waals surface area contributed by atoms with Crippen LogP contribution in [0.15, 0.2) is 11.6 Å². The van der Waals surface area contributed by atoms with Crippen molar-refractivity contribution in [3.8, 4) is 0 Å². The van der Waals surface area contributed by atoms with Crippen LogP contribution in [0.5, 0.6) is 0 Å². The fourth-order valence-electron chi connectivity index (χ4n) is 9.21. The molecule has 0 saturated heterocycles. The summed E-state index contributed by atoms with van der Waals surface area (Å²) in [6.45, 7) is 14.3. The van der Waals surface area contributed by atoms with Gasteiger partial charge in [-0.1, -0.05) is 66.0 Å². The molecule has 3 heteroatoms. The zero-order valence-electron chi connectivity index (χ0n) is 21.6. The van der Waals surface area contributed by atoms with Crippen molar-refractivity contribution in [2.24, 2.45) is 46.3 Å². The Bertz CT molecular complexity index is 715. The van der Waals surface area contributed by atoms with E-state index in [-0.39, 0.29) is 5.41 Å². The average molecular weight is 447 g/mol. The van der Waals surface area contributed by atoms with Gasteiger partial charge in [0.15, 0.2) is 0 Å². The Hall–Kier alpha value is -0.380.